The minimum absolute atomic E-state index is 0.0745. The summed E-state index contributed by atoms with van der Waals surface area (Å²) in [6.07, 6.45) is -0.226. The number of ether oxygens (including phenoxy) is 1. The van der Waals surface area contributed by atoms with Crippen molar-refractivity contribution in [1.82, 2.24) is 10.2 Å². The van der Waals surface area contributed by atoms with Crippen LogP contribution in [0.2, 0.25) is 0 Å². The Kier molecular flexibility index (Phi) is 4.77. The van der Waals surface area contributed by atoms with Gasteiger partial charge in [-0.2, -0.15) is 8.78 Å². The first-order chi connectivity index (χ1) is 9.93. The van der Waals surface area contributed by atoms with Crippen LogP contribution in [0.5, 0.6) is 5.75 Å². The summed E-state index contributed by atoms with van der Waals surface area (Å²) in [5.41, 5.74) is 0.856. The van der Waals surface area contributed by atoms with E-state index in [-0.39, 0.29) is 29.8 Å². The van der Waals surface area contributed by atoms with Crippen molar-refractivity contribution in [2.24, 2.45) is 5.92 Å². The minimum Gasteiger partial charge on any atom is -0.435 e. The zero-order chi connectivity index (χ0) is 15.6. The number of likely N-dealkylation sites (N-methyl/N-ethyl adjacent to an activating group) is 1. The van der Waals surface area contributed by atoms with E-state index in [1.165, 1.54) is 12.1 Å². The molecule has 0 bridgehead atoms. The van der Waals surface area contributed by atoms with Gasteiger partial charge in [-0.15, -0.1) is 0 Å². The fraction of sp³-hybridized carbons (Fsp3) is 0.533. The molecule has 1 aromatic rings. The average molecular weight is 298 g/mol. The first-order valence-electron chi connectivity index (χ1n) is 7.05. The molecule has 2 atom stereocenters. The Balaban J connectivity index is 2.18. The molecule has 2 rings (SSSR count). The molecule has 0 aliphatic carbocycles. The topological polar surface area (TPSA) is 41.6 Å². The number of rotatable bonds is 5. The lowest BCUT2D eigenvalue weighted by molar-refractivity contribution is -0.130. The molecule has 0 spiro atoms. The molecule has 2 unspecified atom stereocenters. The lowest BCUT2D eigenvalue weighted by Gasteiger charge is -2.23. The maximum absolute atomic E-state index is 12.3. The molecule has 1 amide bonds. The van der Waals surface area contributed by atoms with Crippen molar-refractivity contribution in [3.63, 3.8) is 0 Å². The number of hydrogen-bond donors (Lipinski definition) is 1. The van der Waals surface area contributed by atoms with E-state index >= 15 is 0 Å². The van der Waals surface area contributed by atoms with Gasteiger partial charge in [0.1, 0.15) is 11.9 Å². The molecule has 6 heteroatoms. The maximum atomic E-state index is 12.3. The van der Waals surface area contributed by atoms with Crippen molar-refractivity contribution in [1.29, 1.82) is 0 Å². The normalized spacial score (nSPS) is 22.4. The van der Waals surface area contributed by atoms with E-state index in [1.54, 1.807) is 17.0 Å². The second kappa shape index (κ2) is 6.39. The van der Waals surface area contributed by atoms with E-state index in [0.717, 1.165) is 5.56 Å². The number of amides is 1. The Hall–Kier alpha value is -1.69. The minimum atomic E-state index is -2.83. The number of hydrogen-bond acceptors (Lipinski definition) is 3. The van der Waals surface area contributed by atoms with Gasteiger partial charge in [0.2, 0.25) is 5.91 Å². The number of carbonyl (C=O) groups excluding carboxylic acids is 1. The summed E-state index contributed by atoms with van der Waals surface area (Å²) in [5, 5.41) is 3.31. The third-order valence-electron chi connectivity index (χ3n) is 3.63. The molecular formula is C15H20F2N2O2. The molecule has 1 heterocycles. The summed E-state index contributed by atoms with van der Waals surface area (Å²) in [6.45, 7) is 3.66. The van der Waals surface area contributed by atoms with Gasteiger partial charge in [-0.1, -0.05) is 26.0 Å². The highest BCUT2D eigenvalue weighted by Gasteiger charge is 2.39. The second-order valence-corrected chi connectivity index (χ2v) is 5.36. The smallest absolute Gasteiger partial charge is 0.387 e. The van der Waals surface area contributed by atoms with Crippen LogP contribution < -0.4 is 10.1 Å². The second-order valence-electron chi connectivity index (χ2n) is 5.36. The van der Waals surface area contributed by atoms with Gasteiger partial charge >= 0.3 is 6.61 Å². The molecule has 1 aliphatic heterocycles. The van der Waals surface area contributed by atoms with Gasteiger partial charge in [0, 0.05) is 6.54 Å². The van der Waals surface area contributed by atoms with Crippen molar-refractivity contribution >= 4 is 5.91 Å². The van der Waals surface area contributed by atoms with Gasteiger partial charge in [0.05, 0.1) is 6.04 Å². The monoisotopic (exact) mass is 298 g/mol. The SMILES string of the molecule is CCN1C(=O)C(C(C)C)NC1c1ccc(OC(F)F)cc1. The summed E-state index contributed by atoms with van der Waals surface area (Å²) in [6, 6.07) is 6.17. The molecule has 116 valence electrons. The van der Waals surface area contributed by atoms with Crippen LogP contribution in [0.15, 0.2) is 24.3 Å². The Morgan fingerprint density at radius 1 is 1.29 bits per heavy atom. The summed E-state index contributed by atoms with van der Waals surface area (Å²) in [4.78, 5) is 14.1. The molecule has 21 heavy (non-hydrogen) atoms. The predicted molar refractivity (Wildman–Crippen MR) is 75.0 cm³/mol. The standard InChI is InChI=1S/C15H20F2N2O2/c1-4-19-13(18-12(9(2)3)14(19)20)10-5-7-11(8-6-10)21-15(16)17/h5-9,12-13,15,18H,4H2,1-3H3. The van der Waals surface area contributed by atoms with Crippen molar-refractivity contribution in [3.05, 3.63) is 29.8 Å². The fourth-order valence-electron chi connectivity index (χ4n) is 2.56. The molecule has 4 nitrogen and oxygen atoms in total. The van der Waals surface area contributed by atoms with Gasteiger partial charge in [0.15, 0.2) is 0 Å². The number of nitrogens with one attached hydrogen (secondary N) is 1. The summed E-state index contributed by atoms with van der Waals surface area (Å²) >= 11 is 0. The molecule has 1 saturated heterocycles. The largest absolute Gasteiger partial charge is 0.435 e. The van der Waals surface area contributed by atoms with E-state index in [2.05, 4.69) is 10.1 Å². The van der Waals surface area contributed by atoms with Gasteiger partial charge in [-0.25, -0.2) is 0 Å². The van der Waals surface area contributed by atoms with Crippen molar-refractivity contribution < 1.29 is 18.3 Å². The van der Waals surface area contributed by atoms with Gasteiger partial charge in [-0.3, -0.25) is 10.1 Å². The van der Waals surface area contributed by atoms with Crippen LogP contribution in [0.25, 0.3) is 0 Å². The number of nitrogens with zero attached hydrogens (tertiary/aromatic N) is 1. The highest BCUT2D eigenvalue weighted by Crippen LogP contribution is 2.29. The molecule has 0 saturated carbocycles. The maximum Gasteiger partial charge on any atom is 0.387 e. The number of alkyl halides is 2. The molecule has 1 fully saturated rings. The number of carbonyl (C=O) groups is 1. The number of benzene rings is 1. The highest BCUT2D eigenvalue weighted by atomic mass is 19.3. The van der Waals surface area contributed by atoms with Gasteiger partial charge in [-0.05, 0) is 30.5 Å². The fourth-order valence-corrected chi connectivity index (χ4v) is 2.56. The highest BCUT2D eigenvalue weighted by molar-refractivity contribution is 5.84. The van der Waals surface area contributed by atoms with Crippen LogP contribution in [0.4, 0.5) is 8.78 Å². The Labute approximate surface area is 123 Å². The first-order valence-corrected chi connectivity index (χ1v) is 7.05. The van der Waals surface area contributed by atoms with Crippen molar-refractivity contribution in [2.45, 2.75) is 39.6 Å². The van der Waals surface area contributed by atoms with Gasteiger partial charge in [0.25, 0.3) is 0 Å². The number of halogens is 2. The van der Waals surface area contributed by atoms with E-state index in [0.29, 0.717) is 6.54 Å². The third-order valence-corrected chi connectivity index (χ3v) is 3.63. The quantitative estimate of drug-likeness (QED) is 0.909. The Morgan fingerprint density at radius 2 is 1.90 bits per heavy atom. The van der Waals surface area contributed by atoms with E-state index in [4.69, 9.17) is 0 Å². The molecular weight excluding hydrogens is 278 g/mol. The molecule has 1 aromatic carbocycles. The lowest BCUT2D eigenvalue weighted by Crippen LogP contribution is -2.34. The predicted octanol–water partition coefficient (Wildman–Crippen LogP) is 2.76. The molecule has 1 N–H and O–H groups in total. The lowest BCUT2D eigenvalue weighted by atomic mass is 10.1. The van der Waals surface area contributed by atoms with Crippen LogP contribution in [0.3, 0.4) is 0 Å². The first kappa shape index (κ1) is 15.7. The van der Waals surface area contributed by atoms with E-state index in [1.807, 2.05) is 20.8 Å². The van der Waals surface area contributed by atoms with E-state index in [9.17, 15) is 13.6 Å². The van der Waals surface area contributed by atoms with Crippen molar-refractivity contribution in [2.75, 3.05) is 6.54 Å². The van der Waals surface area contributed by atoms with Crippen LogP contribution in [-0.4, -0.2) is 30.0 Å². The van der Waals surface area contributed by atoms with Crippen LogP contribution in [0.1, 0.15) is 32.5 Å². The third kappa shape index (κ3) is 3.32. The molecule has 0 radical (unpaired) electrons. The Morgan fingerprint density at radius 3 is 2.38 bits per heavy atom. The molecule has 0 aromatic heterocycles. The van der Waals surface area contributed by atoms with Crippen LogP contribution >= 0.6 is 0 Å². The zero-order valence-electron chi connectivity index (χ0n) is 12.3. The molecule has 1 aliphatic rings. The van der Waals surface area contributed by atoms with E-state index < -0.39 is 6.61 Å². The van der Waals surface area contributed by atoms with Crippen molar-refractivity contribution in [3.8, 4) is 5.75 Å². The Bertz CT molecular complexity index is 491. The van der Waals surface area contributed by atoms with Gasteiger partial charge < -0.3 is 9.64 Å². The zero-order valence-corrected chi connectivity index (χ0v) is 12.3. The summed E-state index contributed by atoms with van der Waals surface area (Å²) in [7, 11) is 0. The summed E-state index contributed by atoms with van der Waals surface area (Å²) in [5.74, 6) is 0.380. The van der Waals surface area contributed by atoms with Crippen LogP contribution in [-0.2, 0) is 4.79 Å². The summed E-state index contributed by atoms with van der Waals surface area (Å²) < 4.78 is 28.6. The average Bonchev–Trinajstić information content (AvgIpc) is 2.76. The van der Waals surface area contributed by atoms with Crippen LogP contribution in [0, 0.1) is 5.92 Å².